The van der Waals surface area contributed by atoms with Crippen molar-refractivity contribution in [1.29, 1.82) is 0 Å². The van der Waals surface area contributed by atoms with E-state index in [0.29, 0.717) is 22.8 Å². The number of carbonyl (C=O) groups is 2. The highest BCUT2D eigenvalue weighted by Gasteiger charge is 2.39. The first-order valence-electron chi connectivity index (χ1n) is 7.06. The molecule has 1 aliphatic heterocycles. The van der Waals surface area contributed by atoms with Crippen LogP contribution in [0.1, 0.15) is 30.1 Å². The molecule has 114 valence electrons. The maximum Gasteiger partial charge on any atom is 0.251 e. The van der Waals surface area contributed by atoms with E-state index in [1.807, 2.05) is 6.92 Å². The van der Waals surface area contributed by atoms with Crippen LogP contribution in [0.2, 0.25) is 5.02 Å². The summed E-state index contributed by atoms with van der Waals surface area (Å²) in [5, 5.41) is 9.07. The molecule has 0 radical (unpaired) electrons. The summed E-state index contributed by atoms with van der Waals surface area (Å²) in [5.74, 6) is -0.263. The number of hydrogen-bond donors (Lipinski definition) is 3. The normalized spacial score (nSPS) is 21.1. The smallest absolute Gasteiger partial charge is 0.251 e. The number of rotatable bonds is 4. The molecule has 0 aromatic heterocycles. The van der Waals surface area contributed by atoms with Crippen LogP contribution in [0.15, 0.2) is 18.2 Å². The Morgan fingerprint density at radius 2 is 2.19 bits per heavy atom. The number of benzene rings is 1. The van der Waals surface area contributed by atoms with Gasteiger partial charge in [-0.05, 0) is 37.6 Å². The van der Waals surface area contributed by atoms with Gasteiger partial charge < -0.3 is 16.0 Å². The van der Waals surface area contributed by atoms with Crippen molar-refractivity contribution in [2.45, 2.75) is 19.8 Å². The summed E-state index contributed by atoms with van der Waals surface area (Å²) < 4.78 is 0. The van der Waals surface area contributed by atoms with Gasteiger partial charge in [0.1, 0.15) is 0 Å². The van der Waals surface area contributed by atoms with E-state index in [4.69, 9.17) is 11.6 Å². The third-order valence-electron chi connectivity index (χ3n) is 4.11. The maximum atomic E-state index is 12.6. The first-order chi connectivity index (χ1) is 10.0. The summed E-state index contributed by atoms with van der Waals surface area (Å²) in [6.07, 6.45) is 1.57. The molecule has 1 fully saturated rings. The van der Waals surface area contributed by atoms with Crippen LogP contribution in [-0.2, 0) is 4.79 Å². The third kappa shape index (κ3) is 3.19. The van der Waals surface area contributed by atoms with E-state index in [1.54, 1.807) is 25.2 Å². The predicted octanol–water partition coefficient (Wildman–Crippen LogP) is 2.03. The van der Waals surface area contributed by atoms with Gasteiger partial charge in [0, 0.05) is 19.2 Å². The predicted molar refractivity (Wildman–Crippen MR) is 83.7 cm³/mol. The van der Waals surface area contributed by atoms with Crippen LogP contribution in [0.5, 0.6) is 0 Å². The fraction of sp³-hybridized carbons (Fsp3) is 0.467. The van der Waals surface area contributed by atoms with E-state index in [2.05, 4.69) is 16.0 Å². The molecule has 0 spiro atoms. The number of anilines is 1. The molecule has 3 N–H and O–H groups in total. The molecule has 2 rings (SSSR count). The van der Waals surface area contributed by atoms with Gasteiger partial charge in [0.05, 0.1) is 16.1 Å². The molecule has 0 bridgehead atoms. The first-order valence-corrected chi connectivity index (χ1v) is 7.44. The van der Waals surface area contributed by atoms with Gasteiger partial charge in [-0.3, -0.25) is 9.59 Å². The maximum absolute atomic E-state index is 12.6. The molecule has 1 aromatic carbocycles. The summed E-state index contributed by atoms with van der Waals surface area (Å²) in [7, 11) is 1.56. The lowest BCUT2D eigenvalue weighted by atomic mass is 9.83. The fourth-order valence-corrected chi connectivity index (χ4v) is 2.73. The van der Waals surface area contributed by atoms with Crippen LogP contribution in [-0.4, -0.2) is 32.0 Å². The second kappa shape index (κ2) is 6.45. The lowest BCUT2D eigenvalue weighted by molar-refractivity contribution is -0.124. The van der Waals surface area contributed by atoms with Crippen molar-refractivity contribution in [3.8, 4) is 0 Å². The Balaban J connectivity index is 2.22. The second-order valence-electron chi connectivity index (χ2n) is 5.29. The molecule has 0 saturated carbocycles. The summed E-state index contributed by atoms with van der Waals surface area (Å²) in [6, 6.07) is 4.85. The molecule has 1 unspecified atom stereocenters. The van der Waals surface area contributed by atoms with Crippen molar-refractivity contribution in [3.05, 3.63) is 28.8 Å². The Morgan fingerprint density at radius 3 is 2.76 bits per heavy atom. The minimum Gasteiger partial charge on any atom is -0.355 e. The molecule has 6 heteroatoms. The van der Waals surface area contributed by atoms with Crippen LogP contribution in [0.4, 0.5) is 5.69 Å². The summed E-state index contributed by atoms with van der Waals surface area (Å²) in [5.41, 5.74) is 0.543. The summed E-state index contributed by atoms with van der Waals surface area (Å²) in [4.78, 5) is 24.2. The number of hydrogen-bond acceptors (Lipinski definition) is 3. The molecular weight excluding hydrogens is 290 g/mol. The van der Waals surface area contributed by atoms with Crippen molar-refractivity contribution in [1.82, 2.24) is 10.6 Å². The van der Waals surface area contributed by atoms with Crippen molar-refractivity contribution in [2.24, 2.45) is 5.41 Å². The highest BCUT2D eigenvalue weighted by atomic mass is 35.5. The van der Waals surface area contributed by atoms with Crippen LogP contribution >= 0.6 is 11.6 Å². The molecule has 1 aliphatic rings. The fourth-order valence-electron chi connectivity index (χ4n) is 2.56. The van der Waals surface area contributed by atoms with Gasteiger partial charge >= 0.3 is 0 Å². The topological polar surface area (TPSA) is 70.2 Å². The van der Waals surface area contributed by atoms with E-state index in [9.17, 15) is 9.59 Å². The number of carbonyl (C=O) groups excluding carboxylic acids is 2. The number of amides is 2. The molecule has 1 aromatic rings. The Bertz CT molecular complexity index is 554. The van der Waals surface area contributed by atoms with Gasteiger partial charge in [-0.2, -0.15) is 0 Å². The average Bonchev–Trinajstić information content (AvgIpc) is 2.98. The molecular formula is C15H20ClN3O2. The Morgan fingerprint density at radius 1 is 1.43 bits per heavy atom. The SMILES string of the molecule is CCC1(C(=O)Nc2cc(C(=O)NC)ccc2Cl)CCNC1. The van der Waals surface area contributed by atoms with Crippen molar-refractivity contribution < 1.29 is 9.59 Å². The zero-order valence-corrected chi connectivity index (χ0v) is 13.0. The Hall–Kier alpha value is -1.59. The molecule has 5 nitrogen and oxygen atoms in total. The summed E-state index contributed by atoms with van der Waals surface area (Å²) in [6.45, 7) is 3.52. The van der Waals surface area contributed by atoms with E-state index in [-0.39, 0.29) is 11.8 Å². The second-order valence-corrected chi connectivity index (χ2v) is 5.70. The zero-order chi connectivity index (χ0) is 15.5. The van der Waals surface area contributed by atoms with Gasteiger partial charge in [0.2, 0.25) is 5.91 Å². The largest absolute Gasteiger partial charge is 0.355 e. The first kappa shape index (κ1) is 15.8. The van der Waals surface area contributed by atoms with Crippen LogP contribution in [0, 0.1) is 5.41 Å². The number of nitrogens with one attached hydrogen (secondary N) is 3. The van der Waals surface area contributed by atoms with Crippen molar-refractivity contribution in [3.63, 3.8) is 0 Å². The quantitative estimate of drug-likeness (QED) is 0.797. The molecule has 2 amide bonds. The Kier molecular flexibility index (Phi) is 4.85. The van der Waals surface area contributed by atoms with E-state index in [0.717, 1.165) is 19.4 Å². The minimum atomic E-state index is -0.396. The molecule has 1 heterocycles. The highest BCUT2D eigenvalue weighted by Crippen LogP contribution is 2.32. The standard InChI is InChI=1S/C15H20ClN3O2/c1-3-15(6-7-18-9-15)14(21)19-12-8-10(13(20)17-2)4-5-11(12)16/h4-5,8,18H,3,6-7,9H2,1-2H3,(H,17,20)(H,19,21). The highest BCUT2D eigenvalue weighted by molar-refractivity contribution is 6.34. The monoisotopic (exact) mass is 309 g/mol. The Labute approximate surface area is 129 Å². The molecule has 1 atom stereocenters. The summed E-state index contributed by atoms with van der Waals surface area (Å²) >= 11 is 6.12. The van der Waals surface area contributed by atoms with E-state index >= 15 is 0 Å². The molecule has 0 aliphatic carbocycles. The lowest BCUT2D eigenvalue weighted by Crippen LogP contribution is -2.37. The number of halogens is 1. The van der Waals surface area contributed by atoms with Gasteiger partial charge in [-0.15, -0.1) is 0 Å². The molecule has 21 heavy (non-hydrogen) atoms. The van der Waals surface area contributed by atoms with E-state index < -0.39 is 5.41 Å². The van der Waals surface area contributed by atoms with Gasteiger partial charge in [-0.1, -0.05) is 18.5 Å². The van der Waals surface area contributed by atoms with Crippen LogP contribution in [0.25, 0.3) is 0 Å². The zero-order valence-electron chi connectivity index (χ0n) is 12.3. The van der Waals surface area contributed by atoms with Gasteiger partial charge in [-0.25, -0.2) is 0 Å². The van der Waals surface area contributed by atoms with Gasteiger partial charge in [0.25, 0.3) is 5.91 Å². The van der Waals surface area contributed by atoms with Crippen molar-refractivity contribution >= 4 is 29.1 Å². The van der Waals surface area contributed by atoms with E-state index in [1.165, 1.54) is 0 Å². The average molecular weight is 310 g/mol. The molecule has 1 saturated heterocycles. The van der Waals surface area contributed by atoms with Crippen LogP contribution < -0.4 is 16.0 Å². The lowest BCUT2D eigenvalue weighted by Gasteiger charge is -2.25. The van der Waals surface area contributed by atoms with Gasteiger partial charge in [0.15, 0.2) is 0 Å². The van der Waals surface area contributed by atoms with Crippen LogP contribution in [0.3, 0.4) is 0 Å². The minimum absolute atomic E-state index is 0.0500. The third-order valence-corrected chi connectivity index (χ3v) is 4.44. The van der Waals surface area contributed by atoms with Crippen molar-refractivity contribution in [2.75, 3.05) is 25.5 Å².